The van der Waals surface area contributed by atoms with Gasteiger partial charge in [0.05, 0.1) is 0 Å². The van der Waals surface area contributed by atoms with E-state index in [1.165, 1.54) is 0 Å². The van der Waals surface area contributed by atoms with Gasteiger partial charge < -0.3 is 12.9 Å². The fourth-order valence-corrected chi connectivity index (χ4v) is 0.986. The molecule has 15 heavy (non-hydrogen) atoms. The van der Waals surface area contributed by atoms with Crippen molar-refractivity contribution in [2.45, 2.75) is 0 Å². The summed E-state index contributed by atoms with van der Waals surface area (Å²) in [6.45, 7) is -5.51. The monoisotopic (exact) mass is 248 g/mol. The Morgan fingerprint density at radius 2 is 1.67 bits per heavy atom. The van der Waals surface area contributed by atoms with Crippen LogP contribution in [0.25, 0.3) is 0 Å². The Kier molecular flexibility index (Phi) is 5.62. The molecule has 0 radical (unpaired) electrons. The molecular weight excluding hydrogens is 245 g/mol. The minimum Gasteiger partial charge on any atom is -0.445 e. The Balaban J connectivity index is 0.00000196. The van der Waals surface area contributed by atoms with Crippen LogP contribution in [-0.2, 0) is 0 Å². The van der Waals surface area contributed by atoms with E-state index in [1.54, 1.807) is 0 Å². The van der Waals surface area contributed by atoms with Gasteiger partial charge in [-0.3, -0.25) is 4.79 Å². The molecule has 0 fully saturated rings. The molecule has 0 unspecified atom stereocenters. The van der Waals surface area contributed by atoms with Gasteiger partial charge in [0.1, 0.15) is 6.29 Å². The zero-order valence-corrected chi connectivity index (χ0v) is 10.7. The molecule has 0 spiro atoms. The largest absolute Gasteiger partial charge is 1.00 e. The average molecular weight is 248 g/mol. The number of carbonyl (C=O) groups is 1. The zero-order valence-electron chi connectivity index (χ0n) is 7.61. The summed E-state index contributed by atoms with van der Waals surface area (Å²) < 4.78 is 61.6. The summed E-state index contributed by atoms with van der Waals surface area (Å²) in [5.41, 5.74) is -2.70. The van der Waals surface area contributed by atoms with E-state index in [9.17, 15) is 26.5 Å². The molecule has 0 atom stereocenters. The first-order valence-electron chi connectivity index (χ1n) is 3.51. The van der Waals surface area contributed by atoms with Crippen molar-refractivity contribution >= 4 is 18.7 Å². The summed E-state index contributed by atoms with van der Waals surface area (Å²) in [7, 11) is 0. The predicted molar refractivity (Wildman–Crippen MR) is 40.5 cm³/mol. The van der Waals surface area contributed by atoms with Crippen molar-refractivity contribution in [1.82, 2.24) is 0 Å². The van der Waals surface area contributed by atoms with E-state index in [-0.39, 0.29) is 57.7 Å². The van der Waals surface area contributed by atoms with E-state index in [2.05, 4.69) is 0 Å². The second-order valence-electron chi connectivity index (χ2n) is 2.56. The molecule has 1 aromatic rings. The number of halogens is 5. The predicted octanol–water partition coefficient (Wildman–Crippen LogP) is -1.16. The fraction of sp³-hybridized carbons (Fsp3) is 0. The molecule has 0 aliphatic heterocycles. The van der Waals surface area contributed by atoms with E-state index < -0.39 is 29.6 Å². The SMILES string of the molecule is O=Cc1c([B-](F)(F)F)ccc(F)c1F.[K+]. The molecule has 0 saturated heterocycles. The Hall–Kier alpha value is 0.241. The molecule has 0 saturated carbocycles. The standard InChI is InChI=1S/C7H3BF5O.K/c9-6-2-1-5(8(11,12)13)4(3-14)7(6)10;/h1-3H;/q-1;+1. The molecule has 0 amide bonds. The summed E-state index contributed by atoms with van der Waals surface area (Å²) in [6, 6.07) is 0.690. The number of aldehydes is 1. The topological polar surface area (TPSA) is 17.1 Å². The van der Waals surface area contributed by atoms with E-state index >= 15 is 0 Å². The third-order valence-electron chi connectivity index (χ3n) is 1.64. The molecule has 1 aromatic carbocycles. The zero-order chi connectivity index (χ0) is 10.9. The van der Waals surface area contributed by atoms with Crippen LogP contribution in [0.15, 0.2) is 12.1 Å². The van der Waals surface area contributed by atoms with Crippen LogP contribution in [-0.4, -0.2) is 13.3 Å². The Bertz CT molecular complexity index is 378. The molecule has 0 bridgehead atoms. The maximum absolute atomic E-state index is 12.7. The second kappa shape index (κ2) is 5.53. The number of carbonyl (C=O) groups excluding carboxylic acids is 1. The normalized spacial score (nSPS) is 10.7. The summed E-state index contributed by atoms with van der Waals surface area (Å²) in [4.78, 5) is 10.2. The van der Waals surface area contributed by atoms with Crippen molar-refractivity contribution in [3.8, 4) is 0 Å². The number of benzene rings is 1. The van der Waals surface area contributed by atoms with Gasteiger partial charge in [-0.05, 0) is 6.07 Å². The summed E-state index contributed by atoms with van der Waals surface area (Å²) in [5, 5.41) is 0. The van der Waals surface area contributed by atoms with Gasteiger partial charge in [0, 0.05) is 5.56 Å². The van der Waals surface area contributed by atoms with Gasteiger partial charge in [0.25, 0.3) is 0 Å². The molecule has 76 valence electrons. The van der Waals surface area contributed by atoms with Crippen LogP contribution < -0.4 is 56.8 Å². The Morgan fingerprint density at radius 3 is 2.07 bits per heavy atom. The minimum atomic E-state index is -5.51. The first-order chi connectivity index (χ1) is 6.38. The molecule has 0 aromatic heterocycles. The van der Waals surface area contributed by atoms with E-state index in [0.717, 1.165) is 0 Å². The number of hydrogen-bond donors (Lipinski definition) is 0. The third kappa shape index (κ3) is 3.35. The second-order valence-corrected chi connectivity index (χ2v) is 2.56. The van der Waals surface area contributed by atoms with Crippen LogP contribution in [0.4, 0.5) is 21.7 Å². The van der Waals surface area contributed by atoms with E-state index in [4.69, 9.17) is 0 Å². The van der Waals surface area contributed by atoms with Gasteiger partial charge in [-0.2, -0.15) is 0 Å². The first kappa shape index (κ1) is 15.2. The molecule has 0 aliphatic carbocycles. The fourth-order valence-electron chi connectivity index (χ4n) is 0.986. The Morgan fingerprint density at radius 1 is 1.13 bits per heavy atom. The third-order valence-corrected chi connectivity index (χ3v) is 1.64. The van der Waals surface area contributed by atoms with Gasteiger partial charge in [0.15, 0.2) is 11.6 Å². The maximum Gasteiger partial charge on any atom is 1.00 e. The van der Waals surface area contributed by atoms with Crippen LogP contribution >= 0.6 is 0 Å². The summed E-state index contributed by atoms with van der Waals surface area (Å²) >= 11 is 0. The molecule has 0 heterocycles. The van der Waals surface area contributed by atoms with Crippen LogP contribution in [0.2, 0.25) is 0 Å². The van der Waals surface area contributed by atoms with Crippen molar-refractivity contribution in [1.29, 1.82) is 0 Å². The number of hydrogen-bond acceptors (Lipinski definition) is 1. The molecule has 1 rings (SSSR count). The molecular formula is C7H3BF5KO. The molecule has 1 nitrogen and oxygen atoms in total. The van der Waals surface area contributed by atoms with Gasteiger partial charge in [-0.25, -0.2) is 8.78 Å². The van der Waals surface area contributed by atoms with Gasteiger partial charge in [-0.15, -0.1) is 0 Å². The number of rotatable bonds is 2. The van der Waals surface area contributed by atoms with Gasteiger partial charge in [0.2, 0.25) is 0 Å². The molecule has 0 aliphatic rings. The minimum absolute atomic E-state index is 0. The van der Waals surface area contributed by atoms with Crippen molar-refractivity contribution in [2.24, 2.45) is 0 Å². The van der Waals surface area contributed by atoms with Crippen LogP contribution in [0.1, 0.15) is 10.4 Å². The van der Waals surface area contributed by atoms with Crippen molar-refractivity contribution in [3.05, 3.63) is 29.3 Å². The summed E-state index contributed by atoms with van der Waals surface area (Å²) in [5.74, 6) is -3.24. The van der Waals surface area contributed by atoms with Crippen molar-refractivity contribution < 1.29 is 77.9 Å². The van der Waals surface area contributed by atoms with Gasteiger partial charge >= 0.3 is 58.4 Å². The van der Waals surface area contributed by atoms with Crippen molar-refractivity contribution in [2.75, 3.05) is 0 Å². The quantitative estimate of drug-likeness (QED) is 0.366. The van der Waals surface area contributed by atoms with E-state index in [1.807, 2.05) is 0 Å². The van der Waals surface area contributed by atoms with E-state index in [0.29, 0.717) is 12.1 Å². The molecule has 8 heteroatoms. The Labute approximate surface area is 125 Å². The van der Waals surface area contributed by atoms with Crippen LogP contribution in [0.5, 0.6) is 0 Å². The van der Waals surface area contributed by atoms with Crippen LogP contribution in [0.3, 0.4) is 0 Å². The van der Waals surface area contributed by atoms with Crippen molar-refractivity contribution in [3.63, 3.8) is 0 Å². The molecule has 0 N–H and O–H groups in total. The van der Waals surface area contributed by atoms with Crippen LogP contribution in [0, 0.1) is 11.6 Å². The maximum atomic E-state index is 12.7. The average Bonchev–Trinajstić information content (AvgIpc) is 2.07. The summed E-state index contributed by atoms with van der Waals surface area (Å²) in [6.07, 6.45) is -0.344. The first-order valence-corrected chi connectivity index (χ1v) is 3.51. The van der Waals surface area contributed by atoms with Gasteiger partial charge in [-0.1, -0.05) is 11.5 Å². The smallest absolute Gasteiger partial charge is 0.445 e.